The van der Waals surface area contributed by atoms with Gasteiger partial charge in [-0.25, -0.2) is 9.78 Å². The number of carbonyl (C=O) groups excluding carboxylic acids is 3. The van der Waals surface area contributed by atoms with Crippen LogP contribution in [-0.4, -0.2) is 56.2 Å². The summed E-state index contributed by atoms with van der Waals surface area (Å²) in [6, 6.07) is 8.83. The van der Waals surface area contributed by atoms with Crippen LogP contribution in [-0.2, 0) is 9.53 Å². The van der Waals surface area contributed by atoms with E-state index in [1.165, 1.54) is 6.20 Å². The predicted molar refractivity (Wildman–Crippen MR) is 137 cm³/mol. The van der Waals surface area contributed by atoms with Crippen molar-refractivity contribution in [2.75, 3.05) is 6.61 Å². The zero-order valence-corrected chi connectivity index (χ0v) is 21.8. The lowest BCUT2D eigenvalue weighted by Gasteiger charge is -2.24. The van der Waals surface area contributed by atoms with Crippen LogP contribution < -0.4 is 5.32 Å². The first-order valence-electron chi connectivity index (χ1n) is 12.5. The summed E-state index contributed by atoms with van der Waals surface area (Å²) in [5.74, 6) is -2.44. The first-order chi connectivity index (χ1) is 17.6. The maximum atomic E-state index is 13.1. The quantitative estimate of drug-likeness (QED) is 0.187. The maximum Gasteiger partial charge on any atom is 0.346 e. The van der Waals surface area contributed by atoms with E-state index in [0.717, 1.165) is 12.8 Å². The second kappa shape index (κ2) is 12.0. The zero-order valence-electron chi connectivity index (χ0n) is 21.8. The fourth-order valence-corrected chi connectivity index (χ4v) is 3.98. The molecule has 0 radical (unpaired) electrons. The summed E-state index contributed by atoms with van der Waals surface area (Å²) in [7, 11) is 0. The van der Waals surface area contributed by atoms with Crippen molar-refractivity contribution in [2.24, 2.45) is 5.92 Å². The number of aromatic nitrogens is 3. The molecule has 10 nitrogen and oxygen atoms in total. The molecule has 0 bridgehead atoms. The number of ketones is 1. The van der Waals surface area contributed by atoms with Crippen LogP contribution in [0.3, 0.4) is 0 Å². The molecule has 0 unspecified atom stereocenters. The number of benzene rings is 1. The molecule has 3 N–H and O–H groups in total. The van der Waals surface area contributed by atoms with E-state index in [1.807, 2.05) is 19.9 Å². The van der Waals surface area contributed by atoms with Crippen LogP contribution >= 0.6 is 0 Å². The minimum atomic E-state index is -2.37. The molecule has 0 fully saturated rings. The molecular formula is C27H34N4O6. The number of rotatable bonds is 12. The SMILES string of the molecule is CCOC(=O)[C@@](O)(CC(C)C)C(=O)c1cnc(-c2cccc(-c3cc(C(=O)NC(CC)CC)[nH]n3)c2)o1. The second-order valence-corrected chi connectivity index (χ2v) is 9.27. The predicted octanol–water partition coefficient (Wildman–Crippen LogP) is 4.17. The summed E-state index contributed by atoms with van der Waals surface area (Å²) in [6.07, 6.45) is 2.73. The summed E-state index contributed by atoms with van der Waals surface area (Å²) in [5.41, 5.74) is -0.230. The van der Waals surface area contributed by atoms with Gasteiger partial charge in [-0.3, -0.25) is 14.7 Å². The second-order valence-electron chi connectivity index (χ2n) is 9.27. The Balaban J connectivity index is 1.84. The van der Waals surface area contributed by atoms with Crippen molar-refractivity contribution in [2.45, 2.75) is 65.5 Å². The van der Waals surface area contributed by atoms with Gasteiger partial charge in [0.2, 0.25) is 17.3 Å². The van der Waals surface area contributed by atoms with E-state index in [0.29, 0.717) is 22.5 Å². The van der Waals surface area contributed by atoms with E-state index in [1.54, 1.807) is 45.0 Å². The van der Waals surface area contributed by atoms with Gasteiger partial charge in [0.15, 0.2) is 5.76 Å². The molecule has 2 heterocycles. The average Bonchev–Trinajstić information content (AvgIpc) is 3.57. The summed E-state index contributed by atoms with van der Waals surface area (Å²) in [4.78, 5) is 42.2. The number of ether oxygens (including phenoxy) is 1. The average molecular weight is 511 g/mol. The number of oxazole rings is 1. The molecule has 0 aliphatic rings. The van der Waals surface area contributed by atoms with Gasteiger partial charge in [-0.1, -0.05) is 39.8 Å². The summed E-state index contributed by atoms with van der Waals surface area (Å²) in [5, 5.41) is 20.9. The van der Waals surface area contributed by atoms with E-state index >= 15 is 0 Å². The van der Waals surface area contributed by atoms with E-state index in [-0.39, 0.29) is 42.5 Å². The van der Waals surface area contributed by atoms with Crippen molar-refractivity contribution in [3.63, 3.8) is 0 Å². The van der Waals surface area contributed by atoms with Crippen molar-refractivity contribution < 1.29 is 28.6 Å². The minimum absolute atomic E-state index is 0.0231. The number of hydrogen-bond donors (Lipinski definition) is 3. The van der Waals surface area contributed by atoms with Gasteiger partial charge in [-0.15, -0.1) is 0 Å². The van der Waals surface area contributed by atoms with Crippen LogP contribution in [0.25, 0.3) is 22.7 Å². The van der Waals surface area contributed by atoms with Crippen LogP contribution in [0.4, 0.5) is 0 Å². The lowest BCUT2D eigenvalue weighted by atomic mass is 9.87. The van der Waals surface area contributed by atoms with Crippen molar-refractivity contribution >= 4 is 17.7 Å². The van der Waals surface area contributed by atoms with Gasteiger partial charge in [0, 0.05) is 17.2 Å². The Morgan fingerprint density at radius 2 is 1.84 bits per heavy atom. The Morgan fingerprint density at radius 3 is 2.49 bits per heavy atom. The number of aliphatic hydroxyl groups is 1. The Labute approximate surface area is 215 Å². The number of amides is 1. The molecule has 10 heteroatoms. The highest BCUT2D eigenvalue weighted by atomic mass is 16.5. The first-order valence-corrected chi connectivity index (χ1v) is 12.5. The Hall–Kier alpha value is -3.79. The molecule has 1 atom stereocenters. The third-order valence-corrected chi connectivity index (χ3v) is 5.97. The standard InChI is InChI=1S/C27H34N4O6/c1-6-19(7-2)29-24(33)21-13-20(30-31-21)17-10-9-11-18(12-17)25-28-15-22(37-25)23(32)27(35,14-16(4)5)26(34)36-8-3/h9-13,15-16,19,35H,6-8,14H2,1-5H3,(H,29,33)(H,30,31)/t27-/m1/s1. The molecule has 2 aromatic heterocycles. The molecule has 0 aliphatic heterocycles. The highest BCUT2D eigenvalue weighted by Gasteiger charge is 2.47. The van der Waals surface area contributed by atoms with E-state index in [4.69, 9.17) is 9.15 Å². The van der Waals surface area contributed by atoms with Crippen LogP contribution in [0, 0.1) is 5.92 Å². The van der Waals surface area contributed by atoms with Crippen molar-refractivity contribution in [1.29, 1.82) is 0 Å². The van der Waals surface area contributed by atoms with Gasteiger partial charge in [0.05, 0.1) is 18.5 Å². The normalized spacial score (nSPS) is 13.0. The lowest BCUT2D eigenvalue weighted by molar-refractivity contribution is -0.161. The number of aromatic amines is 1. The monoisotopic (exact) mass is 510 g/mol. The molecule has 1 aromatic carbocycles. The van der Waals surface area contributed by atoms with Gasteiger partial charge in [-0.2, -0.15) is 5.10 Å². The molecule has 3 aromatic rings. The molecule has 37 heavy (non-hydrogen) atoms. The topological polar surface area (TPSA) is 147 Å². The van der Waals surface area contributed by atoms with Gasteiger partial charge >= 0.3 is 5.97 Å². The van der Waals surface area contributed by atoms with E-state index in [9.17, 15) is 19.5 Å². The highest BCUT2D eigenvalue weighted by Crippen LogP contribution is 2.29. The molecular weight excluding hydrogens is 476 g/mol. The number of H-pyrrole nitrogens is 1. The number of esters is 1. The minimum Gasteiger partial charge on any atom is -0.464 e. The van der Waals surface area contributed by atoms with E-state index < -0.39 is 17.4 Å². The smallest absolute Gasteiger partial charge is 0.346 e. The van der Waals surface area contributed by atoms with Gasteiger partial charge in [0.25, 0.3) is 5.91 Å². The summed E-state index contributed by atoms with van der Waals surface area (Å²) in [6.45, 7) is 9.22. The molecule has 198 valence electrons. The van der Waals surface area contributed by atoms with Crippen LogP contribution in [0.2, 0.25) is 0 Å². The first kappa shape index (κ1) is 27.8. The van der Waals surface area contributed by atoms with Crippen molar-refractivity contribution in [3.05, 3.63) is 48.0 Å². The Kier molecular flexibility index (Phi) is 8.99. The zero-order chi connectivity index (χ0) is 27.2. The van der Waals surface area contributed by atoms with Crippen LogP contribution in [0.1, 0.15) is 74.9 Å². The maximum absolute atomic E-state index is 13.1. The number of hydrogen-bond acceptors (Lipinski definition) is 8. The van der Waals surface area contributed by atoms with Crippen LogP contribution in [0.5, 0.6) is 0 Å². The third kappa shape index (κ3) is 6.32. The number of nitrogens with zero attached hydrogens (tertiary/aromatic N) is 2. The van der Waals surface area contributed by atoms with Crippen molar-refractivity contribution in [3.8, 4) is 22.7 Å². The molecule has 3 rings (SSSR count). The summed E-state index contributed by atoms with van der Waals surface area (Å²) < 4.78 is 10.6. The summed E-state index contributed by atoms with van der Waals surface area (Å²) >= 11 is 0. The third-order valence-electron chi connectivity index (χ3n) is 5.97. The molecule has 0 saturated carbocycles. The molecule has 0 saturated heterocycles. The fourth-order valence-electron chi connectivity index (χ4n) is 3.98. The Morgan fingerprint density at radius 1 is 1.14 bits per heavy atom. The van der Waals surface area contributed by atoms with Gasteiger partial charge in [0.1, 0.15) is 5.69 Å². The van der Waals surface area contributed by atoms with Crippen molar-refractivity contribution in [1.82, 2.24) is 20.5 Å². The molecule has 0 spiro atoms. The van der Waals surface area contributed by atoms with Gasteiger partial charge in [-0.05, 0) is 50.3 Å². The number of carbonyl (C=O) groups is 3. The molecule has 1 amide bonds. The highest BCUT2D eigenvalue weighted by molar-refractivity contribution is 6.14. The molecule has 0 aliphatic carbocycles. The van der Waals surface area contributed by atoms with Gasteiger partial charge < -0.3 is 19.6 Å². The fraction of sp³-hybridized carbons (Fsp3) is 0.444. The largest absolute Gasteiger partial charge is 0.464 e. The van der Waals surface area contributed by atoms with E-state index in [2.05, 4.69) is 20.5 Å². The lowest BCUT2D eigenvalue weighted by Crippen LogP contribution is -2.48. The van der Waals surface area contributed by atoms with Crippen LogP contribution in [0.15, 0.2) is 40.9 Å². The Bertz CT molecular complexity index is 1240. The number of nitrogens with one attached hydrogen (secondary N) is 2. The number of Topliss-reactive ketones (excluding diaryl/α,β-unsaturated/α-hetero) is 1.